The van der Waals surface area contributed by atoms with Crippen LogP contribution < -0.4 is 9.80 Å². The van der Waals surface area contributed by atoms with Gasteiger partial charge in [-0.1, -0.05) is 18.2 Å². The first-order valence-corrected chi connectivity index (χ1v) is 10.2. The van der Waals surface area contributed by atoms with Gasteiger partial charge in [-0.3, -0.25) is 9.69 Å². The van der Waals surface area contributed by atoms with Gasteiger partial charge in [0.05, 0.1) is 26.3 Å². The molecule has 9 nitrogen and oxygen atoms in total. The molecule has 3 aliphatic heterocycles. The highest BCUT2D eigenvalue weighted by Crippen LogP contribution is 2.33. The molecule has 9 heteroatoms. The monoisotopic (exact) mass is 425 g/mol. The fraction of sp³-hybridized carbons (Fsp3) is 0.364. The molecule has 0 saturated carbocycles. The lowest BCUT2D eigenvalue weighted by Crippen LogP contribution is -2.45. The van der Waals surface area contributed by atoms with Crippen LogP contribution in [0.25, 0.3) is 0 Å². The van der Waals surface area contributed by atoms with Gasteiger partial charge in [0.2, 0.25) is 0 Å². The SMILES string of the molecule is O=C1OC(CN2C(=O)c3ccccc3C2O)CN1c1ccc(N2CCOCC2O)cc1. The van der Waals surface area contributed by atoms with Crippen LogP contribution in [-0.2, 0) is 9.47 Å². The van der Waals surface area contributed by atoms with Gasteiger partial charge in [-0.2, -0.15) is 0 Å². The maximum atomic E-state index is 12.6. The lowest BCUT2D eigenvalue weighted by atomic mass is 10.1. The number of aliphatic hydroxyl groups is 2. The zero-order valence-electron chi connectivity index (χ0n) is 16.8. The predicted molar refractivity (Wildman–Crippen MR) is 111 cm³/mol. The van der Waals surface area contributed by atoms with Gasteiger partial charge in [0.15, 0.2) is 12.5 Å². The smallest absolute Gasteiger partial charge is 0.414 e. The van der Waals surface area contributed by atoms with Crippen molar-refractivity contribution in [3.63, 3.8) is 0 Å². The molecule has 2 amide bonds. The molecular weight excluding hydrogens is 402 g/mol. The zero-order chi connectivity index (χ0) is 21.5. The molecule has 3 heterocycles. The first-order chi connectivity index (χ1) is 15.0. The van der Waals surface area contributed by atoms with E-state index in [9.17, 15) is 19.8 Å². The van der Waals surface area contributed by atoms with Crippen LogP contribution in [-0.4, -0.2) is 72.3 Å². The van der Waals surface area contributed by atoms with Crippen molar-refractivity contribution in [3.8, 4) is 0 Å². The van der Waals surface area contributed by atoms with Crippen LogP contribution in [0, 0.1) is 0 Å². The molecule has 0 radical (unpaired) electrons. The fourth-order valence-corrected chi connectivity index (χ4v) is 4.30. The Balaban J connectivity index is 1.26. The van der Waals surface area contributed by atoms with Crippen LogP contribution in [0.2, 0.25) is 0 Å². The standard InChI is InChI=1S/C22H23N3O6/c26-19-13-30-10-9-23(19)14-5-7-15(8-6-14)24-11-16(31-22(24)29)12-25-20(27)17-3-1-2-4-18(17)21(25)28/h1-8,16,19-20,26-27H,9-13H2. The first-order valence-electron chi connectivity index (χ1n) is 10.2. The number of rotatable bonds is 4. The minimum Gasteiger partial charge on any atom is -0.442 e. The normalized spacial score (nSPS) is 25.7. The molecule has 3 atom stereocenters. The Bertz CT molecular complexity index is 997. The van der Waals surface area contributed by atoms with Crippen LogP contribution in [0.3, 0.4) is 0 Å². The van der Waals surface area contributed by atoms with Gasteiger partial charge < -0.3 is 29.5 Å². The van der Waals surface area contributed by atoms with Crippen molar-refractivity contribution in [2.24, 2.45) is 0 Å². The first kappa shape index (κ1) is 19.8. The number of anilines is 2. The van der Waals surface area contributed by atoms with E-state index >= 15 is 0 Å². The Morgan fingerprint density at radius 2 is 1.74 bits per heavy atom. The second kappa shape index (κ2) is 7.84. The number of ether oxygens (including phenoxy) is 2. The van der Waals surface area contributed by atoms with Crippen molar-refractivity contribution in [1.82, 2.24) is 4.90 Å². The average Bonchev–Trinajstić information content (AvgIpc) is 3.27. The van der Waals surface area contributed by atoms with E-state index in [2.05, 4.69) is 0 Å². The number of amides is 2. The van der Waals surface area contributed by atoms with E-state index in [1.807, 2.05) is 17.0 Å². The molecule has 2 N–H and O–H groups in total. The molecule has 2 saturated heterocycles. The third-order valence-corrected chi connectivity index (χ3v) is 5.90. The summed E-state index contributed by atoms with van der Waals surface area (Å²) in [6.45, 7) is 1.76. The predicted octanol–water partition coefficient (Wildman–Crippen LogP) is 1.31. The number of hydrogen-bond acceptors (Lipinski definition) is 7. The van der Waals surface area contributed by atoms with Gasteiger partial charge >= 0.3 is 6.09 Å². The molecule has 0 aromatic heterocycles. The molecule has 2 aromatic carbocycles. The summed E-state index contributed by atoms with van der Waals surface area (Å²) in [5.74, 6) is -0.272. The van der Waals surface area contributed by atoms with Gasteiger partial charge in [-0.15, -0.1) is 0 Å². The number of aliphatic hydroxyl groups excluding tert-OH is 2. The molecule has 162 valence electrons. The highest BCUT2D eigenvalue weighted by molar-refractivity contribution is 5.99. The highest BCUT2D eigenvalue weighted by atomic mass is 16.6. The number of hydrogen-bond donors (Lipinski definition) is 2. The van der Waals surface area contributed by atoms with Crippen molar-refractivity contribution in [3.05, 3.63) is 59.7 Å². The molecular formula is C22H23N3O6. The van der Waals surface area contributed by atoms with Gasteiger partial charge in [-0.25, -0.2) is 4.79 Å². The van der Waals surface area contributed by atoms with E-state index in [-0.39, 0.29) is 25.6 Å². The van der Waals surface area contributed by atoms with Crippen LogP contribution in [0.15, 0.2) is 48.5 Å². The Hall–Kier alpha value is -3.14. The molecule has 0 aliphatic carbocycles. The minimum absolute atomic E-state index is 0.106. The van der Waals surface area contributed by atoms with Crippen molar-refractivity contribution in [1.29, 1.82) is 0 Å². The number of cyclic esters (lactones) is 1. The quantitative estimate of drug-likeness (QED) is 0.762. The number of carbonyl (C=O) groups excluding carboxylic acids is 2. The van der Waals surface area contributed by atoms with Crippen molar-refractivity contribution in [2.75, 3.05) is 42.6 Å². The topological polar surface area (TPSA) is 103 Å². The van der Waals surface area contributed by atoms with Crippen LogP contribution >= 0.6 is 0 Å². The molecule has 0 spiro atoms. The summed E-state index contributed by atoms with van der Waals surface area (Å²) in [7, 11) is 0. The lowest BCUT2D eigenvalue weighted by Gasteiger charge is -2.34. The van der Waals surface area contributed by atoms with Gasteiger partial charge in [-0.05, 0) is 30.3 Å². The van der Waals surface area contributed by atoms with Gasteiger partial charge in [0.25, 0.3) is 5.91 Å². The van der Waals surface area contributed by atoms with E-state index in [1.165, 1.54) is 9.80 Å². The Morgan fingerprint density at radius 1 is 1.00 bits per heavy atom. The lowest BCUT2D eigenvalue weighted by molar-refractivity contribution is 0.000328. The molecule has 2 fully saturated rings. The van der Waals surface area contributed by atoms with E-state index in [1.54, 1.807) is 36.4 Å². The maximum Gasteiger partial charge on any atom is 0.414 e. The molecule has 3 aliphatic rings. The van der Waals surface area contributed by atoms with E-state index in [0.29, 0.717) is 30.0 Å². The van der Waals surface area contributed by atoms with Crippen LogP contribution in [0.5, 0.6) is 0 Å². The summed E-state index contributed by atoms with van der Waals surface area (Å²) in [5.41, 5.74) is 2.54. The number of fused-ring (bicyclic) bond motifs is 1. The summed E-state index contributed by atoms with van der Waals surface area (Å²) in [6.07, 6.45) is -2.80. The summed E-state index contributed by atoms with van der Waals surface area (Å²) in [6, 6.07) is 14.2. The van der Waals surface area contributed by atoms with Crippen LogP contribution in [0.4, 0.5) is 16.2 Å². The molecule has 3 unspecified atom stereocenters. The fourth-order valence-electron chi connectivity index (χ4n) is 4.30. The van der Waals surface area contributed by atoms with Crippen molar-refractivity contribution in [2.45, 2.75) is 18.6 Å². The van der Waals surface area contributed by atoms with E-state index < -0.39 is 24.7 Å². The third kappa shape index (κ3) is 3.50. The number of carbonyl (C=O) groups is 2. The molecule has 31 heavy (non-hydrogen) atoms. The second-order valence-electron chi connectivity index (χ2n) is 7.80. The Morgan fingerprint density at radius 3 is 2.48 bits per heavy atom. The van der Waals surface area contributed by atoms with Gasteiger partial charge in [0.1, 0.15) is 6.10 Å². The van der Waals surface area contributed by atoms with Gasteiger partial charge in [0, 0.05) is 29.0 Å². The van der Waals surface area contributed by atoms with Crippen LogP contribution in [0.1, 0.15) is 22.1 Å². The summed E-state index contributed by atoms with van der Waals surface area (Å²) in [4.78, 5) is 29.7. The largest absolute Gasteiger partial charge is 0.442 e. The number of benzene rings is 2. The Labute approximate surface area is 179 Å². The minimum atomic E-state index is -1.05. The van der Waals surface area contributed by atoms with E-state index in [4.69, 9.17) is 9.47 Å². The molecule has 5 rings (SSSR count). The second-order valence-corrected chi connectivity index (χ2v) is 7.80. The molecule has 2 aromatic rings. The molecule has 0 bridgehead atoms. The Kier molecular flexibility index (Phi) is 5.01. The third-order valence-electron chi connectivity index (χ3n) is 5.90. The summed E-state index contributed by atoms with van der Waals surface area (Å²) >= 11 is 0. The maximum absolute atomic E-state index is 12.6. The zero-order valence-corrected chi connectivity index (χ0v) is 16.8. The summed E-state index contributed by atoms with van der Waals surface area (Å²) in [5, 5.41) is 20.6. The van der Waals surface area contributed by atoms with Crippen molar-refractivity contribution < 1.29 is 29.3 Å². The van der Waals surface area contributed by atoms with E-state index in [0.717, 1.165) is 5.69 Å². The number of morpholine rings is 1. The highest BCUT2D eigenvalue weighted by Gasteiger charge is 2.40. The number of nitrogens with zero attached hydrogens (tertiary/aromatic N) is 3. The summed E-state index contributed by atoms with van der Waals surface area (Å²) < 4.78 is 10.7. The van der Waals surface area contributed by atoms with Crippen molar-refractivity contribution >= 4 is 23.4 Å². The average molecular weight is 425 g/mol.